The zero-order chi connectivity index (χ0) is 25.2. The Morgan fingerprint density at radius 2 is 1.61 bits per heavy atom. The van der Waals surface area contributed by atoms with Crippen LogP contribution in [0.2, 0.25) is 0 Å². The van der Waals surface area contributed by atoms with Crippen molar-refractivity contribution in [2.24, 2.45) is 5.73 Å². The summed E-state index contributed by atoms with van der Waals surface area (Å²) in [5, 5.41) is 9.96. The van der Waals surface area contributed by atoms with E-state index in [9.17, 15) is 14.0 Å². The van der Waals surface area contributed by atoms with Crippen LogP contribution in [0.15, 0.2) is 101 Å². The topological polar surface area (TPSA) is 62.3 Å². The van der Waals surface area contributed by atoms with Gasteiger partial charge >= 0.3 is 0 Å². The van der Waals surface area contributed by atoms with Crippen LogP contribution in [-0.2, 0) is 11.3 Å². The van der Waals surface area contributed by atoms with Crippen LogP contribution in [0.4, 0.5) is 8.78 Å². The molecule has 180 valence electrons. The summed E-state index contributed by atoms with van der Waals surface area (Å²) in [7, 11) is 0. The molecule has 36 heavy (non-hydrogen) atoms. The van der Waals surface area contributed by atoms with Crippen LogP contribution in [0.25, 0.3) is 6.08 Å². The average Bonchev–Trinajstić information content (AvgIpc) is 2.87. The average molecular weight is 482 g/mol. The number of allylic oxidation sites excluding steroid dienone is 1. The molecule has 0 aromatic heterocycles. The first-order valence-corrected chi connectivity index (χ1v) is 11.7. The summed E-state index contributed by atoms with van der Waals surface area (Å²) in [6.07, 6.45) is 1.96. The van der Waals surface area contributed by atoms with Gasteiger partial charge in [0.2, 0.25) is 5.88 Å². The second-order valence-electron chi connectivity index (χ2n) is 9.18. The largest absolute Gasteiger partial charge is 0.440 e. The Labute approximate surface area is 209 Å². The van der Waals surface area contributed by atoms with Crippen molar-refractivity contribution in [2.75, 3.05) is 13.1 Å². The van der Waals surface area contributed by atoms with E-state index >= 15 is 0 Å². The fraction of sp³-hybridized carbons (Fsp3) is 0.167. The van der Waals surface area contributed by atoms with Crippen LogP contribution in [-0.4, -0.2) is 18.0 Å². The van der Waals surface area contributed by atoms with E-state index < -0.39 is 5.92 Å². The molecule has 6 heteroatoms. The number of benzene rings is 3. The molecule has 2 aliphatic heterocycles. The van der Waals surface area contributed by atoms with Gasteiger partial charge in [0.15, 0.2) is 0 Å². The fourth-order valence-corrected chi connectivity index (χ4v) is 4.80. The summed E-state index contributed by atoms with van der Waals surface area (Å²) in [5.74, 6) is -0.459. The lowest BCUT2D eigenvalue weighted by molar-refractivity contribution is 0.230. The highest BCUT2D eigenvalue weighted by Gasteiger charge is 2.37. The summed E-state index contributed by atoms with van der Waals surface area (Å²) in [6, 6.07) is 23.0. The number of nitrogens with two attached hydrogens (primary N) is 1. The molecule has 0 bridgehead atoms. The zero-order valence-electron chi connectivity index (χ0n) is 19.8. The van der Waals surface area contributed by atoms with E-state index in [4.69, 9.17) is 10.5 Å². The Balaban J connectivity index is 1.61. The van der Waals surface area contributed by atoms with Crippen molar-refractivity contribution in [3.8, 4) is 6.07 Å². The predicted octanol–water partition coefficient (Wildman–Crippen LogP) is 5.93. The van der Waals surface area contributed by atoms with Crippen molar-refractivity contribution in [1.29, 1.82) is 5.26 Å². The summed E-state index contributed by atoms with van der Waals surface area (Å²) >= 11 is 0. The van der Waals surface area contributed by atoms with Crippen LogP contribution in [0.5, 0.6) is 0 Å². The van der Waals surface area contributed by atoms with E-state index in [1.165, 1.54) is 29.8 Å². The Hall–Kier alpha value is -4.21. The number of hydrogen-bond donors (Lipinski definition) is 1. The molecule has 2 aliphatic rings. The number of rotatable bonds is 4. The number of aryl methyl sites for hydroxylation is 1. The minimum atomic E-state index is -0.461. The van der Waals surface area contributed by atoms with Gasteiger partial charge in [-0.15, -0.1) is 0 Å². The highest BCUT2D eigenvalue weighted by atomic mass is 19.1. The van der Waals surface area contributed by atoms with Gasteiger partial charge in [0.1, 0.15) is 29.0 Å². The number of nitriles is 1. The number of hydrogen-bond acceptors (Lipinski definition) is 4. The molecule has 0 saturated heterocycles. The van der Waals surface area contributed by atoms with Crippen molar-refractivity contribution in [3.63, 3.8) is 0 Å². The smallest absolute Gasteiger partial charge is 0.205 e. The molecule has 3 aromatic carbocycles. The van der Waals surface area contributed by atoms with Gasteiger partial charge in [0.05, 0.1) is 5.92 Å². The molecular formula is C30H25F2N3O. The maximum atomic E-state index is 13.7. The number of halogens is 2. The van der Waals surface area contributed by atoms with E-state index in [0.717, 1.165) is 27.8 Å². The maximum Gasteiger partial charge on any atom is 0.205 e. The van der Waals surface area contributed by atoms with Gasteiger partial charge in [-0.3, -0.25) is 4.90 Å². The quantitative estimate of drug-likeness (QED) is 0.501. The summed E-state index contributed by atoms with van der Waals surface area (Å²) in [4.78, 5) is 2.27. The SMILES string of the molecule is Cc1ccc(CN2CC3=C(OC(N)=C(C#N)C3c3ccc(F)cc3)/C(=C\c3ccc(F)cc3)C2)cc1. The molecule has 5 rings (SSSR count). The van der Waals surface area contributed by atoms with Gasteiger partial charge in [0.25, 0.3) is 0 Å². The Morgan fingerprint density at radius 1 is 0.972 bits per heavy atom. The summed E-state index contributed by atoms with van der Waals surface area (Å²) in [6.45, 7) is 3.87. The molecule has 0 spiro atoms. The summed E-state index contributed by atoms with van der Waals surface area (Å²) in [5.41, 5.74) is 12.3. The Kier molecular flexibility index (Phi) is 6.41. The van der Waals surface area contributed by atoms with Gasteiger partial charge < -0.3 is 10.5 Å². The maximum absolute atomic E-state index is 13.7. The first-order chi connectivity index (χ1) is 17.4. The molecule has 1 atom stereocenters. The number of nitrogens with zero attached hydrogens (tertiary/aromatic N) is 2. The zero-order valence-corrected chi connectivity index (χ0v) is 19.8. The fourth-order valence-electron chi connectivity index (χ4n) is 4.80. The van der Waals surface area contributed by atoms with Crippen molar-refractivity contribution in [1.82, 2.24) is 4.90 Å². The van der Waals surface area contributed by atoms with Crippen LogP contribution in [0.1, 0.15) is 28.2 Å². The Morgan fingerprint density at radius 3 is 2.25 bits per heavy atom. The molecule has 0 fully saturated rings. The minimum absolute atomic E-state index is 0.0440. The van der Waals surface area contributed by atoms with Crippen LogP contribution < -0.4 is 5.73 Å². The first-order valence-electron chi connectivity index (χ1n) is 11.7. The molecule has 0 aliphatic carbocycles. The van der Waals surface area contributed by atoms with Crippen LogP contribution in [0, 0.1) is 29.9 Å². The van der Waals surface area contributed by atoms with E-state index in [-0.39, 0.29) is 17.5 Å². The third-order valence-corrected chi connectivity index (χ3v) is 6.55. The van der Waals surface area contributed by atoms with E-state index in [0.29, 0.717) is 31.0 Å². The molecular weight excluding hydrogens is 456 g/mol. The molecule has 3 aromatic rings. The molecule has 1 unspecified atom stereocenters. The molecule has 0 radical (unpaired) electrons. The van der Waals surface area contributed by atoms with E-state index in [1.54, 1.807) is 24.3 Å². The summed E-state index contributed by atoms with van der Waals surface area (Å²) < 4.78 is 33.3. The molecule has 0 amide bonds. The number of ether oxygens (including phenoxy) is 1. The third-order valence-electron chi connectivity index (χ3n) is 6.55. The lowest BCUT2D eigenvalue weighted by atomic mass is 9.80. The van der Waals surface area contributed by atoms with Crippen LogP contribution in [0.3, 0.4) is 0 Å². The lowest BCUT2D eigenvalue weighted by Crippen LogP contribution is -2.37. The highest BCUT2D eigenvalue weighted by molar-refractivity contribution is 5.63. The normalized spacial score (nSPS) is 19.2. The van der Waals surface area contributed by atoms with E-state index in [2.05, 4.69) is 42.2 Å². The highest BCUT2D eigenvalue weighted by Crippen LogP contribution is 2.44. The minimum Gasteiger partial charge on any atom is -0.440 e. The molecule has 0 saturated carbocycles. The van der Waals surface area contributed by atoms with Gasteiger partial charge in [0, 0.05) is 25.2 Å². The van der Waals surface area contributed by atoms with E-state index in [1.807, 2.05) is 6.08 Å². The molecule has 2 heterocycles. The molecule has 4 nitrogen and oxygen atoms in total. The van der Waals surface area contributed by atoms with Gasteiger partial charge in [-0.1, -0.05) is 54.1 Å². The van der Waals surface area contributed by atoms with Gasteiger partial charge in [-0.05, 0) is 59.5 Å². The molecule has 2 N–H and O–H groups in total. The second-order valence-corrected chi connectivity index (χ2v) is 9.18. The standard InChI is InChI=1S/C30H25F2N3O/c1-19-2-4-21(5-3-19)16-35-17-23(14-20-6-10-24(31)11-7-20)29-27(18-35)28(26(15-33)30(34)36-29)22-8-12-25(32)13-9-22/h2-14,28H,16-18,34H2,1H3/b23-14-. The third kappa shape index (κ3) is 4.79. The van der Waals surface area contributed by atoms with Gasteiger partial charge in [-0.25, -0.2) is 8.78 Å². The van der Waals surface area contributed by atoms with Crippen molar-refractivity contribution in [2.45, 2.75) is 19.4 Å². The first kappa shape index (κ1) is 23.5. The van der Waals surface area contributed by atoms with Crippen LogP contribution >= 0.6 is 0 Å². The van der Waals surface area contributed by atoms with Crippen molar-refractivity contribution < 1.29 is 13.5 Å². The monoisotopic (exact) mass is 481 g/mol. The Bertz CT molecular complexity index is 1410. The second kappa shape index (κ2) is 9.80. The van der Waals surface area contributed by atoms with Crippen molar-refractivity contribution >= 4 is 6.08 Å². The lowest BCUT2D eigenvalue weighted by Gasteiger charge is -2.38. The predicted molar refractivity (Wildman–Crippen MR) is 135 cm³/mol. The van der Waals surface area contributed by atoms with Gasteiger partial charge in [-0.2, -0.15) is 5.26 Å². The van der Waals surface area contributed by atoms with Crippen molar-refractivity contribution in [3.05, 3.63) is 135 Å².